The Morgan fingerprint density at radius 3 is 1.88 bits per heavy atom. The van der Waals surface area contributed by atoms with Crippen molar-refractivity contribution in [2.24, 2.45) is 0 Å². The lowest BCUT2D eigenvalue weighted by Crippen LogP contribution is -2.51. The van der Waals surface area contributed by atoms with Crippen molar-refractivity contribution in [3.63, 3.8) is 0 Å². The zero-order chi connectivity index (χ0) is 22.7. The van der Waals surface area contributed by atoms with E-state index in [-0.39, 0.29) is 23.7 Å². The molecule has 0 atom stereocenters. The van der Waals surface area contributed by atoms with Crippen LogP contribution < -0.4 is 5.32 Å². The third-order valence-electron chi connectivity index (χ3n) is 5.97. The highest BCUT2D eigenvalue weighted by Gasteiger charge is 2.28. The highest BCUT2D eigenvalue weighted by molar-refractivity contribution is 5.90. The van der Waals surface area contributed by atoms with Gasteiger partial charge in [0.1, 0.15) is 11.6 Å². The summed E-state index contributed by atoms with van der Waals surface area (Å²) < 4.78 is 27.0. The van der Waals surface area contributed by atoms with Gasteiger partial charge in [-0.1, -0.05) is 36.4 Å². The maximum atomic E-state index is 13.5. The predicted molar refractivity (Wildman–Crippen MR) is 123 cm³/mol. The molecule has 0 aromatic heterocycles. The molecule has 3 aromatic rings. The largest absolute Gasteiger partial charge is 0.322 e. The molecule has 1 aliphatic heterocycles. The van der Waals surface area contributed by atoms with Gasteiger partial charge in [-0.05, 0) is 66.4 Å². The molecule has 0 radical (unpaired) electrons. The Labute approximate surface area is 187 Å². The van der Waals surface area contributed by atoms with Crippen molar-refractivity contribution >= 4 is 11.7 Å². The van der Waals surface area contributed by atoms with Gasteiger partial charge in [-0.15, -0.1) is 0 Å². The van der Waals surface area contributed by atoms with Crippen LogP contribution in [0.3, 0.4) is 0 Å². The molecule has 2 amide bonds. The zero-order valence-electron chi connectivity index (χ0n) is 18.3. The van der Waals surface area contributed by atoms with Gasteiger partial charge in [0.05, 0.1) is 6.04 Å². The fourth-order valence-electron chi connectivity index (χ4n) is 4.15. The van der Waals surface area contributed by atoms with Crippen LogP contribution in [0.5, 0.6) is 0 Å². The number of aryl methyl sites for hydroxylation is 2. The molecule has 0 bridgehead atoms. The fraction of sp³-hybridized carbons (Fsp3) is 0.269. The van der Waals surface area contributed by atoms with Crippen LogP contribution in [0.25, 0.3) is 0 Å². The van der Waals surface area contributed by atoms with Gasteiger partial charge >= 0.3 is 6.03 Å². The molecular weight excluding hydrogens is 408 g/mol. The third kappa shape index (κ3) is 4.97. The minimum atomic E-state index is -0.292. The minimum absolute atomic E-state index is 0.113. The minimum Gasteiger partial charge on any atom is -0.322 e. The van der Waals surface area contributed by atoms with Gasteiger partial charge < -0.3 is 10.2 Å². The van der Waals surface area contributed by atoms with Gasteiger partial charge in [0, 0.05) is 31.9 Å². The smallest absolute Gasteiger partial charge is 0.321 e. The van der Waals surface area contributed by atoms with Crippen LogP contribution in [0.1, 0.15) is 28.3 Å². The van der Waals surface area contributed by atoms with E-state index in [2.05, 4.69) is 10.2 Å². The number of urea groups is 1. The molecule has 4 rings (SSSR count). The van der Waals surface area contributed by atoms with Gasteiger partial charge in [-0.25, -0.2) is 13.6 Å². The van der Waals surface area contributed by atoms with Crippen LogP contribution >= 0.6 is 0 Å². The van der Waals surface area contributed by atoms with Crippen molar-refractivity contribution < 1.29 is 13.6 Å². The molecule has 3 aromatic carbocycles. The number of nitrogens with zero attached hydrogens (tertiary/aromatic N) is 2. The second-order valence-electron chi connectivity index (χ2n) is 8.28. The molecule has 0 spiro atoms. The summed E-state index contributed by atoms with van der Waals surface area (Å²) in [5.74, 6) is -0.584. The third-order valence-corrected chi connectivity index (χ3v) is 5.97. The first-order valence-electron chi connectivity index (χ1n) is 10.8. The Hall–Kier alpha value is -3.25. The number of amides is 2. The summed E-state index contributed by atoms with van der Waals surface area (Å²) in [6.07, 6.45) is 0. The second kappa shape index (κ2) is 9.49. The molecule has 166 valence electrons. The molecule has 1 aliphatic rings. The SMILES string of the molecule is Cc1ccc(C)c(NC(=O)N2CCN(C(c3ccc(F)cc3)c3ccc(F)cc3)CC2)c1. The number of piperazine rings is 1. The molecule has 32 heavy (non-hydrogen) atoms. The number of hydrogen-bond acceptors (Lipinski definition) is 2. The average molecular weight is 436 g/mol. The Morgan fingerprint density at radius 1 is 0.812 bits per heavy atom. The first-order chi connectivity index (χ1) is 15.4. The summed E-state index contributed by atoms with van der Waals surface area (Å²) in [7, 11) is 0. The molecule has 4 nitrogen and oxygen atoms in total. The average Bonchev–Trinajstić information content (AvgIpc) is 2.79. The van der Waals surface area contributed by atoms with Crippen LogP contribution in [-0.2, 0) is 0 Å². The number of halogens is 2. The Balaban J connectivity index is 1.48. The highest BCUT2D eigenvalue weighted by atomic mass is 19.1. The first kappa shape index (κ1) is 22.0. The van der Waals surface area contributed by atoms with E-state index in [1.165, 1.54) is 24.3 Å². The number of benzene rings is 3. The highest BCUT2D eigenvalue weighted by Crippen LogP contribution is 2.30. The van der Waals surface area contributed by atoms with E-state index >= 15 is 0 Å². The number of nitrogens with one attached hydrogen (secondary N) is 1. The Kier molecular flexibility index (Phi) is 6.51. The fourth-order valence-corrected chi connectivity index (χ4v) is 4.15. The first-order valence-corrected chi connectivity index (χ1v) is 10.8. The number of rotatable bonds is 4. The standard InChI is InChI=1S/C26H27F2N3O/c1-18-3-4-19(2)24(17-18)29-26(32)31-15-13-30(14-16-31)25(20-5-9-22(27)10-6-20)21-7-11-23(28)12-8-21/h3-12,17,25H,13-16H2,1-2H3,(H,29,32). The molecule has 6 heteroatoms. The molecule has 1 saturated heterocycles. The number of hydrogen-bond donors (Lipinski definition) is 1. The van der Waals surface area contributed by atoms with E-state index in [1.54, 1.807) is 24.3 Å². The van der Waals surface area contributed by atoms with Crippen LogP contribution in [0.2, 0.25) is 0 Å². The van der Waals surface area contributed by atoms with Gasteiger partial charge in [-0.2, -0.15) is 0 Å². The van der Waals surface area contributed by atoms with Crippen molar-refractivity contribution in [3.8, 4) is 0 Å². The van der Waals surface area contributed by atoms with Crippen LogP contribution in [0.4, 0.5) is 19.3 Å². The Morgan fingerprint density at radius 2 is 1.34 bits per heavy atom. The van der Waals surface area contributed by atoms with E-state index in [0.29, 0.717) is 26.2 Å². The summed E-state index contributed by atoms with van der Waals surface area (Å²) in [5, 5.41) is 3.03. The molecule has 0 aliphatic carbocycles. The van der Waals surface area contributed by atoms with E-state index in [1.807, 2.05) is 36.9 Å². The van der Waals surface area contributed by atoms with E-state index < -0.39 is 0 Å². The van der Waals surface area contributed by atoms with E-state index in [0.717, 1.165) is 27.9 Å². The number of anilines is 1. The molecule has 1 heterocycles. The lowest BCUT2D eigenvalue weighted by atomic mass is 9.96. The summed E-state index contributed by atoms with van der Waals surface area (Å²) in [6.45, 7) is 6.41. The van der Waals surface area contributed by atoms with Gasteiger partial charge in [0.25, 0.3) is 0 Å². The number of carbonyl (C=O) groups is 1. The molecule has 0 unspecified atom stereocenters. The van der Waals surface area contributed by atoms with E-state index in [9.17, 15) is 13.6 Å². The molecule has 0 saturated carbocycles. The topological polar surface area (TPSA) is 35.6 Å². The van der Waals surface area contributed by atoms with Gasteiger partial charge in [0.2, 0.25) is 0 Å². The normalized spacial score (nSPS) is 14.6. The summed E-state index contributed by atoms with van der Waals surface area (Å²) in [6, 6.07) is 18.6. The molecular formula is C26H27F2N3O. The van der Waals surface area contributed by atoms with Gasteiger partial charge in [-0.3, -0.25) is 4.90 Å². The summed E-state index contributed by atoms with van der Waals surface area (Å²) in [5.41, 5.74) is 4.82. The Bertz CT molecular complexity index is 1030. The quantitative estimate of drug-likeness (QED) is 0.586. The maximum absolute atomic E-state index is 13.5. The molecule has 1 fully saturated rings. The maximum Gasteiger partial charge on any atom is 0.321 e. The number of carbonyl (C=O) groups excluding carboxylic acids is 1. The van der Waals surface area contributed by atoms with Gasteiger partial charge in [0.15, 0.2) is 0 Å². The zero-order valence-corrected chi connectivity index (χ0v) is 18.3. The van der Waals surface area contributed by atoms with Crippen molar-refractivity contribution in [2.75, 3.05) is 31.5 Å². The predicted octanol–water partition coefficient (Wildman–Crippen LogP) is 5.52. The monoisotopic (exact) mass is 435 g/mol. The summed E-state index contributed by atoms with van der Waals surface area (Å²) in [4.78, 5) is 16.9. The summed E-state index contributed by atoms with van der Waals surface area (Å²) >= 11 is 0. The second-order valence-corrected chi connectivity index (χ2v) is 8.28. The van der Waals surface area contributed by atoms with Crippen molar-refractivity contribution in [1.29, 1.82) is 0 Å². The van der Waals surface area contributed by atoms with Crippen molar-refractivity contribution in [2.45, 2.75) is 19.9 Å². The molecule has 1 N–H and O–H groups in total. The van der Waals surface area contributed by atoms with Crippen molar-refractivity contribution in [3.05, 3.63) is 101 Å². The van der Waals surface area contributed by atoms with Crippen LogP contribution in [-0.4, -0.2) is 42.0 Å². The lowest BCUT2D eigenvalue weighted by Gasteiger charge is -2.39. The van der Waals surface area contributed by atoms with E-state index in [4.69, 9.17) is 0 Å². The van der Waals surface area contributed by atoms with Crippen LogP contribution in [0.15, 0.2) is 66.7 Å². The van der Waals surface area contributed by atoms with Crippen LogP contribution in [0, 0.1) is 25.5 Å². The van der Waals surface area contributed by atoms with Crippen molar-refractivity contribution in [1.82, 2.24) is 9.80 Å². The lowest BCUT2D eigenvalue weighted by molar-refractivity contribution is 0.126.